The summed E-state index contributed by atoms with van der Waals surface area (Å²) in [6, 6.07) is 4.58. The second kappa shape index (κ2) is 5.27. The van der Waals surface area contributed by atoms with Crippen molar-refractivity contribution in [2.45, 2.75) is 19.4 Å². The van der Waals surface area contributed by atoms with Crippen LogP contribution in [-0.4, -0.2) is 16.3 Å². The van der Waals surface area contributed by atoms with Gasteiger partial charge < -0.3 is 5.32 Å². The fourth-order valence-corrected chi connectivity index (χ4v) is 2.47. The lowest BCUT2D eigenvalue weighted by molar-refractivity contribution is 0.528. The maximum absolute atomic E-state index is 4.47. The number of aryl methyl sites for hydroxylation is 1. The van der Waals surface area contributed by atoms with Gasteiger partial charge in [-0.05, 0) is 41.4 Å². The smallest absolute Gasteiger partial charge is 0.0797 e. The normalized spacial score (nSPS) is 12.9. The van der Waals surface area contributed by atoms with Gasteiger partial charge >= 0.3 is 0 Å². The highest BCUT2D eigenvalue weighted by atomic mass is 32.1. The van der Waals surface area contributed by atoms with Crippen LogP contribution in [-0.2, 0) is 13.5 Å². The predicted octanol–water partition coefficient (Wildman–Crippen LogP) is 2.37. The van der Waals surface area contributed by atoms with E-state index in [0.29, 0.717) is 6.04 Å². The van der Waals surface area contributed by atoms with Gasteiger partial charge in [0, 0.05) is 13.2 Å². The standard InChI is InChI=1S/C12H17N3S/c1-3-13-12(8-10-5-7-16-9-10)11-4-6-15(2)14-11/h4-7,9,12-13H,3,8H2,1-2H3. The Hall–Kier alpha value is -1.13. The molecule has 0 aliphatic rings. The molecule has 1 unspecified atom stereocenters. The summed E-state index contributed by atoms with van der Waals surface area (Å²) >= 11 is 1.75. The minimum Gasteiger partial charge on any atom is -0.309 e. The van der Waals surface area contributed by atoms with Crippen molar-refractivity contribution in [2.75, 3.05) is 6.54 Å². The van der Waals surface area contributed by atoms with Crippen molar-refractivity contribution in [3.05, 3.63) is 40.3 Å². The van der Waals surface area contributed by atoms with E-state index in [1.807, 2.05) is 17.9 Å². The molecular formula is C12H17N3S. The second-order valence-electron chi connectivity index (χ2n) is 3.86. The van der Waals surface area contributed by atoms with Crippen LogP contribution in [0.1, 0.15) is 24.2 Å². The molecule has 0 aromatic carbocycles. The lowest BCUT2D eigenvalue weighted by Gasteiger charge is -2.14. The molecule has 86 valence electrons. The van der Waals surface area contributed by atoms with Gasteiger partial charge in [-0.3, -0.25) is 4.68 Å². The van der Waals surface area contributed by atoms with Crippen LogP contribution in [0.5, 0.6) is 0 Å². The van der Waals surface area contributed by atoms with E-state index in [2.05, 4.69) is 40.2 Å². The van der Waals surface area contributed by atoms with Crippen molar-refractivity contribution in [3.63, 3.8) is 0 Å². The molecule has 3 nitrogen and oxygen atoms in total. The third-order valence-corrected chi connectivity index (χ3v) is 3.29. The molecule has 0 aliphatic heterocycles. The van der Waals surface area contributed by atoms with Gasteiger partial charge in [-0.15, -0.1) is 0 Å². The Balaban J connectivity index is 2.11. The van der Waals surface area contributed by atoms with Crippen LogP contribution in [0.15, 0.2) is 29.1 Å². The predicted molar refractivity (Wildman–Crippen MR) is 67.6 cm³/mol. The zero-order valence-corrected chi connectivity index (χ0v) is 10.5. The zero-order valence-electron chi connectivity index (χ0n) is 9.68. The summed E-state index contributed by atoms with van der Waals surface area (Å²) in [6.07, 6.45) is 3.00. The summed E-state index contributed by atoms with van der Waals surface area (Å²) in [6.45, 7) is 3.09. The fourth-order valence-electron chi connectivity index (χ4n) is 1.79. The number of nitrogens with zero attached hydrogens (tertiary/aromatic N) is 2. The maximum Gasteiger partial charge on any atom is 0.0797 e. The third-order valence-electron chi connectivity index (χ3n) is 2.56. The Bertz CT molecular complexity index is 419. The summed E-state index contributed by atoms with van der Waals surface area (Å²) in [5, 5.41) is 12.3. The molecular weight excluding hydrogens is 218 g/mol. The Morgan fingerprint density at radius 3 is 2.94 bits per heavy atom. The Labute approximate surface area is 100 Å². The van der Waals surface area contributed by atoms with Crippen LogP contribution in [0.4, 0.5) is 0 Å². The summed E-state index contributed by atoms with van der Waals surface area (Å²) in [5.74, 6) is 0. The van der Waals surface area contributed by atoms with Crippen molar-refractivity contribution in [3.8, 4) is 0 Å². The number of aromatic nitrogens is 2. The first kappa shape index (κ1) is 11.4. The van der Waals surface area contributed by atoms with Crippen molar-refractivity contribution in [1.82, 2.24) is 15.1 Å². The van der Waals surface area contributed by atoms with E-state index in [1.54, 1.807) is 11.3 Å². The molecule has 2 rings (SSSR count). The monoisotopic (exact) mass is 235 g/mol. The quantitative estimate of drug-likeness (QED) is 0.862. The second-order valence-corrected chi connectivity index (χ2v) is 4.64. The molecule has 1 N–H and O–H groups in total. The number of rotatable bonds is 5. The van der Waals surface area contributed by atoms with Gasteiger partial charge in [-0.25, -0.2) is 0 Å². The van der Waals surface area contributed by atoms with Gasteiger partial charge in [0.15, 0.2) is 0 Å². The fraction of sp³-hybridized carbons (Fsp3) is 0.417. The largest absolute Gasteiger partial charge is 0.309 e. The number of hydrogen-bond acceptors (Lipinski definition) is 3. The highest BCUT2D eigenvalue weighted by molar-refractivity contribution is 7.07. The van der Waals surface area contributed by atoms with E-state index >= 15 is 0 Å². The number of thiophene rings is 1. The summed E-state index contributed by atoms with van der Waals surface area (Å²) in [4.78, 5) is 0. The average Bonchev–Trinajstić information content (AvgIpc) is 2.88. The van der Waals surface area contributed by atoms with Gasteiger partial charge in [-0.2, -0.15) is 16.4 Å². The van der Waals surface area contributed by atoms with Gasteiger partial charge in [0.05, 0.1) is 11.7 Å². The molecule has 0 saturated carbocycles. The van der Waals surface area contributed by atoms with Crippen LogP contribution >= 0.6 is 11.3 Å². The lowest BCUT2D eigenvalue weighted by atomic mass is 10.1. The molecule has 4 heteroatoms. The first-order chi connectivity index (χ1) is 7.79. The van der Waals surface area contributed by atoms with E-state index < -0.39 is 0 Å². The molecule has 1 atom stereocenters. The molecule has 2 aromatic rings. The van der Waals surface area contributed by atoms with Crippen LogP contribution in [0.25, 0.3) is 0 Å². The molecule has 0 bridgehead atoms. The minimum atomic E-state index is 0.320. The molecule has 2 aromatic heterocycles. The average molecular weight is 235 g/mol. The number of likely N-dealkylation sites (N-methyl/N-ethyl adjacent to an activating group) is 1. The van der Waals surface area contributed by atoms with E-state index in [9.17, 15) is 0 Å². The summed E-state index contributed by atoms with van der Waals surface area (Å²) < 4.78 is 1.85. The first-order valence-corrected chi connectivity index (χ1v) is 6.48. The Morgan fingerprint density at radius 1 is 1.50 bits per heavy atom. The van der Waals surface area contributed by atoms with Gasteiger partial charge in [-0.1, -0.05) is 6.92 Å². The van der Waals surface area contributed by atoms with Crippen LogP contribution in [0, 0.1) is 0 Å². The van der Waals surface area contributed by atoms with Gasteiger partial charge in [0.1, 0.15) is 0 Å². The molecule has 0 amide bonds. The van der Waals surface area contributed by atoms with E-state index in [1.165, 1.54) is 5.56 Å². The molecule has 0 fully saturated rings. The molecule has 0 aliphatic carbocycles. The maximum atomic E-state index is 4.47. The highest BCUT2D eigenvalue weighted by Crippen LogP contribution is 2.18. The molecule has 16 heavy (non-hydrogen) atoms. The summed E-state index contributed by atoms with van der Waals surface area (Å²) in [5.41, 5.74) is 2.50. The van der Waals surface area contributed by atoms with Crippen molar-refractivity contribution in [1.29, 1.82) is 0 Å². The molecule has 0 saturated heterocycles. The number of hydrogen-bond donors (Lipinski definition) is 1. The SMILES string of the molecule is CCNC(Cc1ccsc1)c1ccn(C)n1. The first-order valence-electron chi connectivity index (χ1n) is 5.53. The molecule has 2 heterocycles. The molecule has 0 spiro atoms. The van der Waals surface area contributed by atoms with Crippen LogP contribution in [0.3, 0.4) is 0 Å². The van der Waals surface area contributed by atoms with Gasteiger partial charge in [0.25, 0.3) is 0 Å². The Kier molecular flexibility index (Phi) is 3.74. The lowest BCUT2D eigenvalue weighted by Crippen LogP contribution is -2.23. The minimum absolute atomic E-state index is 0.320. The van der Waals surface area contributed by atoms with E-state index in [0.717, 1.165) is 18.7 Å². The van der Waals surface area contributed by atoms with E-state index in [4.69, 9.17) is 0 Å². The third kappa shape index (κ3) is 2.71. The van der Waals surface area contributed by atoms with Crippen LogP contribution in [0.2, 0.25) is 0 Å². The van der Waals surface area contributed by atoms with Crippen molar-refractivity contribution in [2.24, 2.45) is 7.05 Å². The Morgan fingerprint density at radius 2 is 2.38 bits per heavy atom. The topological polar surface area (TPSA) is 29.9 Å². The van der Waals surface area contributed by atoms with Gasteiger partial charge in [0.2, 0.25) is 0 Å². The van der Waals surface area contributed by atoms with Crippen molar-refractivity contribution >= 4 is 11.3 Å². The summed E-state index contributed by atoms with van der Waals surface area (Å²) in [7, 11) is 1.96. The van der Waals surface area contributed by atoms with Crippen molar-refractivity contribution < 1.29 is 0 Å². The highest BCUT2D eigenvalue weighted by Gasteiger charge is 2.13. The number of nitrogens with one attached hydrogen (secondary N) is 1. The van der Waals surface area contributed by atoms with E-state index in [-0.39, 0.29) is 0 Å². The zero-order chi connectivity index (χ0) is 11.4. The van der Waals surface area contributed by atoms with Crippen LogP contribution < -0.4 is 5.32 Å². The molecule has 0 radical (unpaired) electrons.